The number of piperazine rings is 1. The number of fused-ring (bicyclic) bond motifs is 1. The fourth-order valence-electron chi connectivity index (χ4n) is 3.96. The Hall–Kier alpha value is -4.01. The summed E-state index contributed by atoms with van der Waals surface area (Å²) in [6, 6.07) is 15.2. The van der Waals surface area contributed by atoms with E-state index in [1.54, 1.807) is 12.0 Å². The molecule has 2 amide bonds. The smallest absolute Gasteiger partial charge is 0.322 e. The molecule has 0 unspecified atom stereocenters. The van der Waals surface area contributed by atoms with Crippen LogP contribution in [0.25, 0.3) is 11.3 Å². The van der Waals surface area contributed by atoms with Gasteiger partial charge in [0.1, 0.15) is 5.75 Å². The Morgan fingerprint density at radius 3 is 2.55 bits per heavy atom. The predicted octanol–water partition coefficient (Wildman–Crippen LogP) is 3.54. The van der Waals surface area contributed by atoms with E-state index in [1.165, 1.54) is 0 Å². The van der Waals surface area contributed by atoms with Crippen molar-refractivity contribution >= 4 is 17.5 Å². The number of nitrogens with one attached hydrogen (secondary N) is 1. The lowest BCUT2D eigenvalue weighted by Gasteiger charge is -2.35. The molecule has 3 heterocycles. The van der Waals surface area contributed by atoms with Gasteiger partial charge in [0.05, 0.1) is 18.5 Å². The van der Waals surface area contributed by atoms with Gasteiger partial charge in [-0.1, -0.05) is 6.07 Å². The first-order valence-corrected chi connectivity index (χ1v) is 10.8. The number of nitrogens with zero attached hydrogens (tertiary/aromatic N) is 4. The molecular formula is C24H25N5O4. The lowest BCUT2D eigenvalue weighted by Crippen LogP contribution is -2.50. The van der Waals surface area contributed by atoms with Crippen LogP contribution < -0.4 is 24.4 Å². The molecule has 1 saturated heterocycles. The largest absolute Gasteiger partial charge is 0.495 e. The maximum absolute atomic E-state index is 12.8. The number of rotatable bonds is 4. The molecule has 1 fully saturated rings. The number of hydrogen-bond acceptors (Lipinski definition) is 7. The van der Waals surface area contributed by atoms with Crippen LogP contribution in [0.5, 0.6) is 17.2 Å². The van der Waals surface area contributed by atoms with Crippen molar-refractivity contribution in [1.29, 1.82) is 0 Å². The summed E-state index contributed by atoms with van der Waals surface area (Å²) < 4.78 is 16.2. The fourth-order valence-corrected chi connectivity index (χ4v) is 3.96. The third-order valence-corrected chi connectivity index (χ3v) is 5.81. The molecule has 1 aromatic heterocycles. The van der Waals surface area contributed by atoms with E-state index < -0.39 is 0 Å². The quantitative estimate of drug-likeness (QED) is 0.654. The number of ether oxygens (including phenoxy) is 3. The van der Waals surface area contributed by atoms with Crippen LogP contribution >= 0.6 is 0 Å². The van der Waals surface area contributed by atoms with Crippen molar-refractivity contribution in [3.63, 3.8) is 0 Å². The van der Waals surface area contributed by atoms with Gasteiger partial charge in [-0.2, -0.15) is 0 Å². The third kappa shape index (κ3) is 4.34. The Morgan fingerprint density at radius 1 is 0.970 bits per heavy atom. The zero-order valence-electron chi connectivity index (χ0n) is 18.6. The standard InChI is InChI=1S/C24H25N5O4/c1-16-3-6-20(31-2)19(13-16)25-24(30)29-11-9-28(10-12-29)23-8-5-18(26-27-23)17-4-7-21-22(14-17)33-15-32-21/h3-8,13-14H,9-12,15H2,1-2H3,(H,25,30). The van der Waals surface area contributed by atoms with E-state index in [1.807, 2.05) is 55.5 Å². The van der Waals surface area contributed by atoms with Gasteiger partial charge < -0.3 is 29.3 Å². The van der Waals surface area contributed by atoms with Crippen molar-refractivity contribution in [2.24, 2.45) is 0 Å². The van der Waals surface area contributed by atoms with Crippen LogP contribution in [0.15, 0.2) is 48.5 Å². The summed E-state index contributed by atoms with van der Waals surface area (Å²) in [5.74, 6) is 2.90. The van der Waals surface area contributed by atoms with Crippen LogP contribution in [0.3, 0.4) is 0 Å². The fraction of sp³-hybridized carbons (Fsp3) is 0.292. The molecule has 2 aromatic carbocycles. The summed E-state index contributed by atoms with van der Waals surface area (Å²) in [6.07, 6.45) is 0. The van der Waals surface area contributed by atoms with Gasteiger partial charge in [0.25, 0.3) is 0 Å². The van der Waals surface area contributed by atoms with Crippen molar-refractivity contribution in [2.75, 3.05) is 50.3 Å². The van der Waals surface area contributed by atoms with Crippen molar-refractivity contribution in [3.8, 4) is 28.5 Å². The van der Waals surface area contributed by atoms with Crippen LogP contribution in [0.4, 0.5) is 16.3 Å². The second kappa shape index (κ2) is 8.85. The van der Waals surface area contributed by atoms with E-state index in [4.69, 9.17) is 14.2 Å². The Balaban J connectivity index is 1.20. The van der Waals surface area contributed by atoms with Gasteiger partial charge >= 0.3 is 6.03 Å². The monoisotopic (exact) mass is 447 g/mol. The third-order valence-electron chi connectivity index (χ3n) is 5.81. The molecule has 0 atom stereocenters. The summed E-state index contributed by atoms with van der Waals surface area (Å²) in [6.45, 7) is 4.75. The highest BCUT2D eigenvalue weighted by atomic mass is 16.7. The predicted molar refractivity (Wildman–Crippen MR) is 124 cm³/mol. The van der Waals surface area contributed by atoms with E-state index in [9.17, 15) is 4.79 Å². The van der Waals surface area contributed by atoms with Crippen LogP contribution in [0, 0.1) is 6.92 Å². The SMILES string of the molecule is COc1ccc(C)cc1NC(=O)N1CCN(c2ccc(-c3ccc4c(c3)OCO4)nn2)CC1. The lowest BCUT2D eigenvalue weighted by atomic mass is 10.1. The summed E-state index contributed by atoms with van der Waals surface area (Å²) in [4.78, 5) is 16.7. The van der Waals surface area contributed by atoms with E-state index in [0.717, 1.165) is 34.1 Å². The second-order valence-corrected chi connectivity index (χ2v) is 7.95. The molecule has 0 bridgehead atoms. The number of hydrogen-bond donors (Lipinski definition) is 1. The van der Waals surface area contributed by atoms with E-state index in [-0.39, 0.29) is 12.8 Å². The molecule has 9 heteroatoms. The minimum absolute atomic E-state index is 0.136. The Bertz CT molecular complexity index is 1160. The zero-order chi connectivity index (χ0) is 22.8. The highest BCUT2D eigenvalue weighted by Crippen LogP contribution is 2.35. The van der Waals surface area contributed by atoms with Crippen LogP contribution in [0.1, 0.15) is 5.56 Å². The highest BCUT2D eigenvalue weighted by Gasteiger charge is 2.23. The summed E-state index contributed by atoms with van der Waals surface area (Å²) in [7, 11) is 1.60. The summed E-state index contributed by atoms with van der Waals surface area (Å²) >= 11 is 0. The topological polar surface area (TPSA) is 89.1 Å². The van der Waals surface area contributed by atoms with Crippen molar-refractivity contribution in [2.45, 2.75) is 6.92 Å². The van der Waals surface area contributed by atoms with Crippen molar-refractivity contribution in [3.05, 3.63) is 54.1 Å². The number of benzene rings is 2. The highest BCUT2D eigenvalue weighted by molar-refractivity contribution is 5.91. The number of carbonyl (C=O) groups is 1. The first-order chi connectivity index (χ1) is 16.1. The number of anilines is 2. The van der Waals surface area contributed by atoms with Crippen LogP contribution in [-0.4, -0.2) is 61.2 Å². The van der Waals surface area contributed by atoms with Gasteiger partial charge in [-0.25, -0.2) is 4.79 Å². The number of amides is 2. The van der Waals surface area contributed by atoms with Crippen molar-refractivity contribution in [1.82, 2.24) is 15.1 Å². The van der Waals surface area contributed by atoms with E-state index >= 15 is 0 Å². The molecule has 0 saturated carbocycles. The molecule has 33 heavy (non-hydrogen) atoms. The Kier molecular flexibility index (Phi) is 5.60. The maximum atomic E-state index is 12.8. The van der Waals surface area contributed by atoms with Crippen LogP contribution in [0.2, 0.25) is 0 Å². The Morgan fingerprint density at radius 2 is 1.79 bits per heavy atom. The first kappa shape index (κ1) is 20.9. The van der Waals surface area contributed by atoms with Crippen LogP contribution in [-0.2, 0) is 0 Å². The molecule has 0 spiro atoms. The molecule has 170 valence electrons. The maximum Gasteiger partial charge on any atom is 0.322 e. The van der Waals surface area contributed by atoms with Gasteiger partial charge in [-0.05, 0) is 55.0 Å². The summed E-state index contributed by atoms with van der Waals surface area (Å²) in [5, 5.41) is 11.8. The number of aromatic nitrogens is 2. The van der Waals surface area contributed by atoms with Gasteiger partial charge in [0.15, 0.2) is 17.3 Å². The minimum atomic E-state index is -0.136. The Labute approximate surface area is 191 Å². The number of methoxy groups -OCH3 is 1. The van der Waals surface area contributed by atoms with Gasteiger partial charge in [0, 0.05) is 31.7 Å². The zero-order valence-corrected chi connectivity index (χ0v) is 18.6. The van der Waals surface area contributed by atoms with E-state index in [2.05, 4.69) is 20.4 Å². The molecule has 5 rings (SSSR count). The molecular weight excluding hydrogens is 422 g/mol. The molecule has 2 aliphatic heterocycles. The minimum Gasteiger partial charge on any atom is -0.495 e. The molecule has 0 radical (unpaired) electrons. The molecule has 0 aliphatic carbocycles. The average molecular weight is 447 g/mol. The number of urea groups is 1. The molecule has 3 aromatic rings. The summed E-state index contributed by atoms with van der Waals surface area (Å²) in [5.41, 5.74) is 3.42. The molecule has 1 N–H and O–H groups in total. The second-order valence-electron chi connectivity index (χ2n) is 7.95. The van der Waals surface area contributed by atoms with E-state index in [0.29, 0.717) is 37.6 Å². The van der Waals surface area contributed by atoms with Gasteiger partial charge in [-0.3, -0.25) is 0 Å². The van der Waals surface area contributed by atoms with Gasteiger partial charge in [-0.15, -0.1) is 10.2 Å². The average Bonchev–Trinajstić information content (AvgIpc) is 3.32. The molecule has 2 aliphatic rings. The molecule has 9 nitrogen and oxygen atoms in total. The van der Waals surface area contributed by atoms with Crippen molar-refractivity contribution < 1.29 is 19.0 Å². The normalized spacial score (nSPS) is 14.8. The lowest BCUT2D eigenvalue weighted by molar-refractivity contribution is 0.174. The number of aryl methyl sites for hydroxylation is 1. The van der Waals surface area contributed by atoms with Gasteiger partial charge in [0.2, 0.25) is 6.79 Å². The number of carbonyl (C=O) groups excluding carboxylic acids is 1. The first-order valence-electron chi connectivity index (χ1n) is 10.8.